The predicted octanol–water partition coefficient (Wildman–Crippen LogP) is -9.26. The summed E-state index contributed by atoms with van der Waals surface area (Å²) < 4.78 is 36.2. The van der Waals surface area contributed by atoms with Gasteiger partial charge in [-0.2, -0.15) is 8.42 Å². The highest BCUT2D eigenvalue weighted by atomic mass is 32.3. The third kappa shape index (κ3) is 12.1. The maximum absolute atomic E-state index is 14.3. The lowest BCUT2D eigenvalue weighted by molar-refractivity contribution is -0.149. The molecule has 358 valence electrons. The summed E-state index contributed by atoms with van der Waals surface area (Å²) >= 11 is 0. The largest absolute Gasteiger partial charge is 0.504 e. The van der Waals surface area contributed by atoms with Crippen LogP contribution >= 0.6 is 0 Å². The van der Waals surface area contributed by atoms with Crippen LogP contribution in [0.4, 0.5) is 0 Å². The van der Waals surface area contributed by atoms with Gasteiger partial charge in [-0.1, -0.05) is 13.0 Å². The molecule has 0 spiro atoms. The van der Waals surface area contributed by atoms with E-state index in [9.17, 15) is 87.9 Å². The topological polar surface area (TPSA) is 472 Å². The van der Waals surface area contributed by atoms with E-state index in [1.165, 1.54) is 6.92 Å². The first-order valence-electron chi connectivity index (χ1n) is 19.4. The van der Waals surface area contributed by atoms with Gasteiger partial charge in [0.2, 0.25) is 41.4 Å². The average Bonchev–Trinajstić information content (AvgIpc) is 3.74. The zero-order valence-corrected chi connectivity index (χ0v) is 34.8. The lowest BCUT2D eigenvalue weighted by atomic mass is 9.96. The number of nitrogens with zero attached hydrogens (tertiary/aromatic N) is 2. The molecule has 0 bridgehead atoms. The smallest absolute Gasteiger partial charge is 0.446 e. The third-order valence-corrected chi connectivity index (χ3v) is 11.2. The summed E-state index contributed by atoms with van der Waals surface area (Å²) in [6.45, 7) is 1.26. The summed E-state index contributed by atoms with van der Waals surface area (Å²) in [5.41, 5.74) is 10.6. The van der Waals surface area contributed by atoms with Crippen molar-refractivity contribution in [3.63, 3.8) is 0 Å². The Hall–Kier alpha value is -5.34. The van der Waals surface area contributed by atoms with E-state index in [0.717, 1.165) is 19.1 Å². The fourth-order valence-electron chi connectivity index (χ4n) is 7.41. The van der Waals surface area contributed by atoms with E-state index in [1.54, 1.807) is 0 Å². The van der Waals surface area contributed by atoms with Crippen LogP contribution in [-0.2, 0) is 44.0 Å². The van der Waals surface area contributed by atoms with Crippen LogP contribution in [0.3, 0.4) is 0 Å². The van der Waals surface area contributed by atoms with Crippen LogP contribution in [0.2, 0.25) is 0 Å². The number of amides is 7. The van der Waals surface area contributed by atoms with Gasteiger partial charge in [-0.15, -0.1) is 0 Å². The lowest BCUT2D eigenvalue weighted by Gasteiger charge is -2.34. The Labute approximate surface area is 363 Å². The molecule has 18 N–H and O–H groups in total. The molecule has 4 rings (SSSR count). The number of nitrogens with one attached hydrogen (secondary N) is 4. The van der Waals surface area contributed by atoms with E-state index in [1.807, 2.05) is 10.6 Å². The monoisotopic (exact) mass is 936 g/mol. The van der Waals surface area contributed by atoms with Crippen molar-refractivity contribution in [2.24, 2.45) is 17.4 Å². The van der Waals surface area contributed by atoms with Crippen LogP contribution in [0.15, 0.2) is 18.2 Å². The number of aromatic hydroxyl groups is 1. The van der Waals surface area contributed by atoms with Gasteiger partial charge in [-0.25, -0.2) is 0 Å². The SMILES string of the molecule is C[C@@H](O)[C@@H]1NC(=O)[C@H](N)C[C@@H](O)[C@@H](O)NC(=O)[C@@H]2[C@@H](O)[C@@H](C)CN2C(=O)[C@H]([C@H](O)CC(N)=O)NC(=O)[C@H]([C@H](O)[C@@H](O)c2ccc(O)c(OS(=O)(=O)O)c2)NC(=O)[C@@H]2C[C@@H](O)CN2C1=O. The first-order valence-corrected chi connectivity index (χ1v) is 20.8. The molecule has 0 aromatic heterocycles. The standard InChI is InChI=1S/C35H52N8O20S/c1-11-9-43-25(26(11)50)33(57)41-31(55)19(48)7-15(36)29(53)38-22(12(2)44)34(58)42-10-14(45)6-16(42)30(54)40-24(32(56)39-23(35(43)59)18(47)8-21(37)49)28(52)27(51)13-3-4-17(46)20(5-13)63-64(60,61)62/h3-5,11-12,14-16,18-19,22-28,31,44-48,50-52,55H,6-10,36H2,1-2H3,(H2,37,49)(H,38,53)(H,39,56)(H,40,54)(H,41,57)(H,60,61,62)/t11-,12+,14+,15+,16-,18+,19+,22-,23-,24-,25-,26-,27-,28-,31+/m0/s1. The van der Waals surface area contributed by atoms with Gasteiger partial charge in [-0.3, -0.25) is 38.1 Å². The molecule has 3 heterocycles. The van der Waals surface area contributed by atoms with Crippen LogP contribution in [0.25, 0.3) is 0 Å². The second-order valence-electron chi connectivity index (χ2n) is 15.8. The number of carbonyl (C=O) groups excluding carboxylic acids is 7. The molecule has 0 saturated carbocycles. The van der Waals surface area contributed by atoms with E-state index < -0.39 is 192 Å². The van der Waals surface area contributed by atoms with Gasteiger partial charge in [0.25, 0.3) is 0 Å². The Morgan fingerprint density at radius 1 is 0.844 bits per heavy atom. The zero-order chi connectivity index (χ0) is 48.3. The molecular weight excluding hydrogens is 884 g/mol. The van der Waals surface area contributed by atoms with Gasteiger partial charge < -0.3 is 92.7 Å². The minimum atomic E-state index is -5.30. The molecule has 0 aliphatic carbocycles. The van der Waals surface area contributed by atoms with Gasteiger partial charge in [0, 0.05) is 31.8 Å². The number of phenolic OH excluding ortho intramolecular Hbond substituents is 1. The van der Waals surface area contributed by atoms with E-state index >= 15 is 0 Å². The minimum Gasteiger partial charge on any atom is -0.504 e. The van der Waals surface area contributed by atoms with Crippen molar-refractivity contribution in [1.29, 1.82) is 0 Å². The Morgan fingerprint density at radius 3 is 2.03 bits per heavy atom. The van der Waals surface area contributed by atoms with Gasteiger partial charge >= 0.3 is 10.4 Å². The molecule has 0 radical (unpaired) electrons. The number of hydrogen-bond acceptors (Lipinski definition) is 20. The number of aliphatic hydroxyl groups excluding tert-OH is 8. The molecule has 28 nitrogen and oxygen atoms in total. The average molecular weight is 937 g/mol. The van der Waals surface area contributed by atoms with Crippen LogP contribution < -0.4 is 36.9 Å². The van der Waals surface area contributed by atoms with Crippen LogP contribution in [0.1, 0.15) is 44.8 Å². The first-order chi connectivity index (χ1) is 29.6. The second-order valence-corrected chi connectivity index (χ2v) is 16.8. The van der Waals surface area contributed by atoms with Gasteiger partial charge in [-0.05, 0) is 24.6 Å². The van der Waals surface area contributed by atoms with E-state index in [-0.39, 0.29) is 0 Å². The number of fused-ring (bicyclic) bond motifs is 2. The summed E-state index contributed by atoms with van der Waals surface area (Å²) in [6.07, 6.45) is -19.1. The number of nitrogens with two attached hydrogens (primary N) is 2. The predicted molar refractivity (Wildman–Crippen MR) is 208 cm³/mol. The second kappa shape index (κ2) is 20.7. The maximum Gasteiger partial charge on any atom is 0.446 e. The van der Waals surface area contributed by atoms with Crippen molar-refractivity contribution in [1.82, 2.24) is 31.1 Å². The molecule has 3 aliphatic heterocycles. The highest BCUT2D eigenvalue weighted by molar-refractivity contribution is 7.81. The molecule has 3 fully saturated rings. The summed E-state index contributed by atoms with van der Waals surface area (Å²) in [5.74, 6) is -12.4. The molecule has 1 aromatic rings. The Kier molecular flexibility index (Phi) is 16.6. The molecule has 3 saturated heterocycles. The fourth-order valence-corrected chi connectivity index (χ4v) is 7.77. The molecule has 64 heavy (non-hydrogen) atoms. The maximum atomic E-state index is 14.3. The number of phenols is 1. The van der Waals surface area contributed by atoms with Gasteiger partial charge in [0.1, 0.15) is 48.5 Å². The molecule has 0 unspecified atom stereocenters. The summed E-state index contributed by atoms with van der Waals surface area (Å²) in [4.78, 5) is 96.6. The number of rotatable bonds is 9. The van der Waals surface area contributed by atoms with Crippen molar-refractivity contribution < 1.29 is 96.7 Å². The third-order valence-electron chi connectivity index (χ3n) is 10.8. The van der Waals surface area contributed by atoms with Crippen LogP contribution in [-0.4, -0.2) is 202 Å². The molecule has 3 aliphatic rings. The molecular formula is C35H52N8O20S. The first kappa shape index (κ1) is 51.3. The number of benzene rings is 1. The Balaban J connectivity index is 1.88. The molecule has 15 atom stereocenters. The highest BCUT2D eigenvalue weighted by Gasteiger charge is 2.50. The number of aliphatic hydroxyl groups is 8. The zero-order valence-electron chi connectivity index (χ0n) is 33.9. The summed E-state index contributed by atoms with van der Waals surface area (Å²) in [6, 6.07) is -10.2. The Bertz CT molecular complexity index is 2060. The van der Waals surface area contributed by atoms with Gasteiger partial charge in [0.15, 0.2) is 17.7 Å². The van der Waals surface area contributed by atoms with Crippen LogP contribution in [0.5, 0.6) is 11.5 Å². The molecule has 1 aromatic carbocycles. The van der Waals surface area contributed by atoms with E-state index in [2.05, 4.69) is 14.8 Å². The highest BCUT2D eigenvalue weighted by Crippen LogP contribution is 2.32. The number of primary amides is 1. The lowest BCUT2D eigenvalue weighted by Crippen LogP contribution is -2.64. The van der Waals surface area contributed by atoms with Crippen molar-refractivity contribution in [2.75, 3.05) is 13.1 Å². The summed E-state index contributed by atoms with van der Waals surface area (Å²) in [5, 5.41) is 106. The molecule has 29 heteroatoms. The van der Waals surface area contributed by atoms with Gasteiger partial charge in [0.05, 0.1) is 36.9 Å². The van der Waals surface area contributed by atoms with E-state index in [4.69, 9.17) is 16.0 Å². The summed E-state index contributed by atoms with van der Waals surface area (Å²) in [7, 11) is -5.30. The van der Waals surface area contributed by atoms with Crippen LogP contribution in [0, 0.1) is 5.92 Å². The van der Waals surface area contributed by atoms with Crippen molar-refractivity contribution in [3.05, 3.63) is 23.8 Å². The molecule has 7 amide bonds. The van der Waals surface area contributed by atoms with Crippen molar-refractivity contribution >= 4 is 51.7 Å². The van der Waals surface area contributed by atoms with E-state index in [0.29, 0.717) is 15.9 Å². The Morgan fingerprint density at radius 2 is 1.44 bits per heavy atom. The van der Waals surface area contributed by atoms with Crippen molar-refractivity contribution in [2.45, 2.75) is 118 Å². The quantitative estimate of drug-likeness (QED) is 0.102. The minimum absolute atomic E-state index is 0.508. The normalized spacial score (nSPS) is 32.4. The number of carbonyl (C=O) groups is 7. The number of hydrogen-bond donors (Lipinski definition) is 16. The van der Waals surface area contributed by atoms with Crippen molar-refractivity contribution in [3.8, 4) is 11.5 Å². The fraction of sp³-hybridized carbons (Fsp3) is 0.629.